The number of carbonyl (C=O) groups is 2. The van der Waals surface area contributed by atoms with Crippen LogP contribution in [0.2, 0.25) is 0 Å². The monoisotopic (exact) mass is 365 g/mol. The zero-order valence-electron chi connectivity index (χ0n) is 12.2. The Bertz CT molecular complexity index is 699. The summed E-state index contributed by atoms with van der Waals surface area (Å²) in [4.78, 5) is 24.5. The van der Waals surface area contributed by atoms with Crippen LogP contribution >= 0.6 is 15.9 Å². The highest BCUT2D eigenvalue weighted by Crippen LogP contribution is 2.16. The van der Waals surface area contributed by atoms with Gasteiger partial charge < -0.3 is 10.0 Å². The molecule has 1 aromatic heterocycles. The standard InChI is InChI=1S/C15H16BrN3O3/c1-10(15(21)22)8-18(2)14(20)11-7-17-19(9-11)13-5-3-4-12(16)6-13/h3-7,9-10H,8H2,1-2H3,(H,21,22). The summed E-state index contributed by atoms with van der Waals surface area (Å²) in [6.45, 7) is 1.72. The second kappa shape index (κ2) is 6.74. The van der Waals surface area contributed by atoms with Crippen LogP contribution in [0.25, 0.3) is 5.69 Å². The Morgan fingerprint density at radius 3 is 2.82 bits per heavy atom. The third-order valence-electron chi connectivity index (χ3n) is 3.22. The lowest BCUT2D eigenvalue weighted by Crippen LogP contribution is -2.33. The van der Waals surface area contributed by atoms with Gasteiger partial charge in [-0.2, -0.15) is 5.10 Å². The van der Waals surface area contributed by atoms with Crippen LogP contribution in [0.4, 0.5) is 0 Å². The summed E-state index contributed by atoms with van der Waals surface area (Å²) in [7, 11) is 1.58. The van der Waals surface area contributed by atoms with Gasteiger partial charge in [0, 0.05) is 24.3 Å². The molecule has 0 aliphatic carbocycles. The van der Waals surface area contributed by atoms with Crippen molar-refractivity contribution in [3.8, 4) is 5.69 Å². The molecule has 6 nitrogen and oxygen atoms in total. The summed E-state index contributed by atoms with van der Waals surface area (Å²) in [5, 5.41) is 13.1. The van der Waals surface area contributed by atoms with E-state index in [-0.39, 0.29) is 12.5 Å². The topological polar surface area (TPSA) is 75.4 Å². The van der Waals surface area contributed by atoms with Gasteiger partial charge in [-0.3, -0.25) is 9.59 Å². The summed E-state index contributed by atoms with van der Waals surface area (Å²) < 4.78 is 2.52. The average molecular weight is 366 g/mol. The molecule has 116 valence electrons. The average Bonchev–Trinajstić information content (AvgIpc) is 2.96. The van der Waals surface area contributed by atoms with Crippen molar-refractivity contribution < 1.29 is 14.7 Å². The summed E-state index contributed by atoms with van der Waals surface area (Å²) in [5.41, 5.74) is 1.25. The predicted molar refractivity (Wildman–Crippen MR) is 85.0 cm³/mol. The Morgan fingerprint density at radius 2 is 2.18 bits per heavy atom. The van der Waals surface area contributed by atoms with Gasteiger partial charge in [0.1, 0.15) is 0 Å². The summed E-state index contributed by atoms with van der Waals surface area (Å²) in [6.07, 6.45) is 3.11. The largest absolute Gasteiger partial charge is 0.481 e. The Hall–Kier alpha value is -2.15. The molecule has 0 spiro atoms. The minimum atomic E-state index is -0.926. The van der Waals surface area contributed by atoms with Gasteiger partial charge in [0.05, 0.1) is 23.4 Å². The Morgan fingerprint density at radius 1 is 1.45 bits per heavy atom. The molecule has 0 saturated carbocycles. The number of halogens is 1. The highest BCUT2D eigenvalue weighted by molar-refractivity contribution is 9.10. The lowest BCUT2D eigenvalue weighted by atomic mass is 10.1. The predicted octanol–water partition coefficient (Wildman–Crippen LogP) is 2.43. The van der Waals surface area contributed by atoms with Gasteiger partial charge in [-0.1, -0.05) is 28.9 Å². The van der Waals surface area contributed by atoms with E-state index in [1.165, 1.54) is 11.1 Å². The number of carbonyl (C=O) groups excluding carboxylic acids is 1. The maximum atomic E-state index is 12.3. The minimum absolute atomic E-state index is 0.149. The number of hydrogen-bond donors (Lipinski definition) is 1. The van der Waals surface area contributed by atoms with E-state index in [1.54, 1.807) is 24.9 Å². The molecule has 1 N–H and O–H groups in total. The normalized spacial score (nSPS) is 12.0. The van der Waals surface area contributed by atoms with Gasteiger partial charge in [0.15, 0.2) is 0 Å². The molecule has 0 radical (unpaired) electrons. The molecule has 1 amide bonds. The van der Waals surface area contributed by atoms with Crippen molar-refractivity contribution in [3.05, 3.63) is 46.7 Å². The first-order chi connectivity index (χ1) is 10.4. The molecule has 2 rings (SSSR count). The first-order valence-electron chi connectivity index (χ1n) is 6.67. The van der Waals surface area contributed by atoms with Gasteiger partial charge in [0.25, 0.3) is 5.91 Å². The molecule has 1 heterocycles. The number of hydrogen-bond acceptors (Lipinski definition) is 3. The van der Waals surface area contributed by atoms with E-state index in [0.717, 1.165) is 10.2 Å². The number of carboxylic acids is 1. The molecule has 0 aliphatic heterocycles. The molecule has 1 aromatic carbocycles. The summed E-state index contributed by atoms with van der Waals surface area (Å²) in [5.74, 6) is -1.80. The highest BCUT2D eigenvalue weighted by Gasteiger charge is 2.19. The molecule has 0 bridgehead atoms. The van der Waals surface area contributed by atoms with E-state index < -0.39 is 11.9 Å². The maximum Gasteiger partial charge on any atom is 0.308 e. The van der Waals surface area contributed by atoms with Crippen LogP contribution in [0.1, 0.15) is 17.3 Å². The van der Waals surface area contributed by atoms with Crippen molar-refractivity contribution in [1.82, 2.24) is 14.7 Å². The van der Waals surface area contributed by atoms with E-state index in [2.05, 4.69) is 21.0 Å². The Kier molecular flexibility index (Phi) is 4.97. The zero-order valence-corrected chi connectivity index (χ0v) is 13.8. The quantitative estimate of drug-likeness (QED) is 0.882. The SMILES string of the molecule is CC(CN(C)C(=O)c1cnn(-c2cccc(Br)c2)c1)C(=O)O. The number of aliphatic carboxylic acids is 1. The second-order valence-corrected chi connectivity index (χ2v) is 5.99. The van der Waals surface area contributed by atoms with Gasteiger partial charge >= 0.3 is 5.97 Å². The number of benzene rings is 1. The number of rotatable bonds is 5. The molecule has 2 aromatic rings. The van der Waals surface area contributed by atoms with Crippen LogP contribution in [0.3, 0.4) is 0 Å². The van der Waals surface area contributed by atoms with Gasteiger partial charge in [-0.25, -0.2) is 4.68 Å². The fourth-order valence-corrected chi connectivity index (χ4v) is 2.37. The third kappa shape index (κ3) is 3.73. The molecule has 0 fully saturated rings. The number of carboxylic acid groups (broad SMARTS) is 1. The second-order valence-electron chi connectivity index (χ2n) is 5.08. The molecule has 7 heteroatoms. The molecule has 0 aliphatic rings. The fraction of sp³-hybridized carbons (Fsp3) is 0.267. The van der Waals surface area contributed by atoms with Crippen LogP contribution in [-0.4, -0.2) is 45.3 Å². The Balaban J connectivity index is 2.14. The van der Waals surface area contributed by atoms with Crippen molar-refractivity contribution in [2.24, 2.45) is 5.92 Å². The lowest BCUT2D eigenvalue weighted by Gasteiger charge is -2.18. The Labute approximate surface area is 136 Å². The van der Waals surface area contributed by atoms with E-state index in [0.29, 0.717) is 5.56 Å². The molecule has 22 heavy (non-hydrogen) atoms. The van der Waals surface area contributed by atoms with Crippen LogP contribution in [0.5, 0.6) is 0 Å². The summed E-state index contributed by atoms with van der Waals surface area (Å²) in [6, 6.07) is 7.54. The smallest absolute Gasteiger partial charge is 0.308 e. The number of aromatic nitrogens is 2. The fourth-order valence-electron chi connectivity index (χ4n) is 1.99. The number of amides is 1. The van der Waals surface area contributed by atoms with Gasteiger partial charge in [0.2, 0.25) is 0 Å². The summed E-state index contributed by atoms with van der Waals surface area (Å²) >= 11 is 3.39. The third-order valence-corrected chi connectivity index (χ3v) is 3.71. The zero-order chi connectivity index (χ0) is 16.3. The molecule has 0 saturated heterocycles. The lowest BCUT2D eigenvalue weighted by molar-refractivity contribution is -0.141. The highest BCUT2D eigenvalue weighted by atomic mass is 79.9. The molecular formula is C15H16BrN3O3. The van der Waals surface area contributed by atoms with E-state index >= 15 is 0 Å². The van der Waals surface area contributed by atoms with E-state index in [9.17, 15) is 9.59 Å². The van der Waals surface area contributed by atoms with Crippen LogP contribution < -0.4 is 0 Å². The van der Waals surface area contributed by atoms with Gasteiger partial charge in [-0.15, -0.1) is 0 Å². The number of nitrogens with zero attached hydrogens (tertiary/aromatic N) is 3. The maximum absolute atomic E-state index is 12.3. The molecule has 1 atom stereocenters. The van der Waals surface area contributed by atoms with E-state index in [1.807, 2.05) is 24.3 Å². The van der Waals surface area contributed by atoms with Crippen LogP contribution in [-0.2, 0) is 4.79 Å². The van der Waals surface area contributed by atoms with Crippen LogP contribution in [0.15, 0.2) is 41.1 Å². The molecule has 1 unspecified atom stereocenters. The van der Waals surface area contributed by atoms with Gasteiger partial charge in [-0.05, 0) is 18.2 Å². The van der Waals surface area contributed by atoms with E-state index in [4.69, 9.17) is 5.11 Å². The first-order valence-corrected chi connectivity index (χ1v) is 7.46. The minimum Gasteiger partial charge on any atom is -0.481 e. The first kappa shape index (κ1) is 16.2. The van der Waals surface area contributed by atoms with Crippen molar-refractivity contribution in [3.63, 3.8) is 0 Å². The van der Waals surface area contributed by atoms with Crippen molar-refractivity contribution in [2.45, 2.75) is 6.92 Å². The molecular weight excluding hydrogens is 350 g/mol. The van der Waals surface area contributed by atoms with Crippen LogP contribution in [0, 0.1) is 5.92 Å². The van der Waals surface area contributed by atoms with Crippen molar-refractivity contribution in [1.29, 1.82) is 0 Å². The van der Waals surface area contributed by atoms with Crippen molar-refractivity contribution in [2.75, 3.05) is 13.6 Å². The van der Waals surface area contributed by atoms with Crippen molar-refractivity contribution >= 4 is 27.8 Å².